The predicted molar refractivity (Wildman–Crippen MR) is 427 cm³/mol. The van der Waals surface area contributed by atoms with E-state index >= 15 is 0 Å². The molecular weight excluding hydrogens is 1610 g/mol. The fourth-order valence-electron chi connectivity index (χ4n) is 10.5. The van der Waals surface area contributed by atoms with Gasteiger partial charge in [0.15, 0.2) is 0 Å². The quantitative estimate of drug-likeness (QED) is 0.00420. The van der Waals surface area contributed by atoms with Gasteiger partial charge in [-0.25, -0.2) is 9.79 Å². The molecule has 0 fully saturated rings. The maximum absolute atomic E-state index is 12.4. The number of esters is 8. The Morgan fingerprint density at radius 2 is 0.447 bits per heavy atom. The zero-order valence-corrected chi connectivity index (χ0v) is 72.3. The summed E-state index contributed by atoms with van der Waals surface area (Å²) < 4.78 is 43.8. The van der Waals surface area contributed by atoms with Gasteiger partial charge in [0.2, 0.25) is 6.08 Å². The van der Waals surface area contributed by atoms with E-state index in [0.717, 1.165) is 32.1 Å². The van der Waals surface area contributed by atoms with Gasteiger partial charge in [-0.1, -0.05) is 20.5 Å². The van der Waals surface area contributed by atoms with Crippen LogP contribution in [0.2, 0.25) is 0 Å². The summed E-state index contributed by atoms with van der Waals surface area (Å²) in [4.78, 5) is 123. The number of ether oxygens (including phenoxy) is 8. The first-order chi connectivity index (χ1) is 54.7. The molecule has 0 saturated heterocycles. The standard InChI is InChI=1S/C29H48Cl4O8.C29H48N12O8.C9H20O4.C4H6ClNO.N3.Na/c30-17-5-1-9-25(34)38-21-13-29(14-22-39-26(35)10-2-6-18-31,15-23-40-27(36)11-3-7-19-32)16-24-41-28(37)12-4-8-20-33;30-38-34-17-5-1-9-25(42)46-21-13-29(14-22-47-26(43)10-2-6-18-35-39-31,15-23-48-27(44)11-3-7-19-36-40-32)16-24-49-28(45)12-4-8-20-37-41-33;10-5-1-9(2-6-11,3-7-12)4-8-13;5-2-1-3-6-4-7;1-3-2;/h1-24H2;1-24H2;10-13H,1-8H2;1-3H2;;/q;;;;-1;+1. The van der Waals surface area contributed by atoms with E-state index in [0.29, 0.717) is 190 Å². The Balaban J connectivity index is -0.000000399. The van der Waals surface area contributed by atoms with E-state index in [1.807, 2.05) is 0 Å². The van der Waals surface area contributed by atoms with Crippen LogP contribution in [0.4, 0.5) is 0 Å². The van der Waals surface area contributed by atoms with E-state index in [1.54, 1.807) is 0 Å². The van der Waals surface area contributed by atoms with E-state index < -0.39 is 34.7 Å². The summed E-state index contributed by atoms with van der Waals surface area (Å²) in [6.07, 6.45) is 18.4. The second kappa shape index (κ2) is 92.5. The Kier molecular flexibility index (Phi) is 96.4. The molecule has 0 radical (unpaired) electrons. The van der Waals surface area contributed by atoms with Gasteiger partial charge in [0.1, 0.15) is 0 Å². The molecule has 114 heavy (non-hydrogen) atoms. The summed E-state index contributed by atoms with van der Waals surface area (Å²) in [6, 6.07) is 0. The second-order valence-electron chi connectivity index (χ2n) is 25.5. The van der Waals surface area contributed by atoms with Gasteiger partial charge >= 0.3 is 77.3 Å². The van der Waals surface area contributed by atoms with Gasteiger partial charge in [-0.2, -0.15) is 0 Å². The Labute approximate surface area is 716 Å². The summed E-state index contributed by atoms with van der Waals surface area (Å²) in [7, 11) is 0. The van der Waals surface area contributed by atoms with Gasteiger partial charge in [-0.3, -0.25) is 43.3 Å². The fourth-order valence-corrected chi connectivity index (χ4v) is 11.3. The molecule has 4 N–H and O–H groups in total. The number of alkyl halides is 5. The Morgan fingerprint density at radius 3 is 0.596 bits per heavy atom. The summed E-state index contributed by atoms with van der Waals surface area (Å²) >= 11 is 28.0. The number of azide groups is 4. The SMILES string of the molecule is O=C(CCCCCl)OCCC(CCOC(=O)CCCCCl)(CCOC(=O)CCCCCl)CCOC(=O)CCCCCl.O=C=NCCCCl.OCCC(CCO)(CCO)CCO.[N-]=[N+]=NCCCCC(=O)OCCC(CCOC(=O)CCCCN=[N+]=[N-])(CCOC(=O)CCCCN=[N+]=[N-])CCOC(=O)CCCCN=[N+]=[N-].[N-]=[N+]=[N-].[Na+]. The Bertz CT molecular complexity index is 2430. The van der Waals surface area contributed by atoms with Crippen LogP contribution in [0.15, 0.2) is 25.4 Å². The monoisotopic (exact) mass is 1730 g/mol. The number of aliphatic hydroxyl groups is 4. The van der Waals surface area contributed by atoms with Crippen molar-refractivity contribution in [2.24, 2.45) is 41.7 Å². The van der Waals surface area contributed by atoms with Crippen LogP contribution < -0.4 is 29.6 Å². The van der Waals surface area contributed by atoms with Gasteiger partial charge < -0.3 is 69.4 Å². The second-order valence-corrected chi connectivity index (χ2v) is 27.4. The van der Waals surface area contributed by atoms with Crippen molar-refractivity contribution >= 4 is 112 Å². The van der Waals surface area contributed by atoms with Crippen molar-refractivity contribution in [2.75, 3.05) is 141 Å². The van der Waals surface area contributed by atoms with E-state index in [9.17, 15) is 43.2 Å². The number of aliphatic hydroxyl groups excluding tert-OH is 4. The molecule has 0 aromatic rings. The van der Waals surface area contributed by atoms with E-state index in [-0.39, 0.29) is 216 Å². The Hall–Kier alpha value is -6.02. The van der Waals surface area contributed by atoms with Crippen molar-refractivity contribution in [1.82, 2.24) is 0 Å². The van der Waals surface area contributed by atoms with Gasteiger partial charge in [-0.05, 0) is 225 Å². The number of carbonyl (C=O) groups is 8. The molecule has 648 valence electrons. The van der Waals surface area contributed by atoms with Gasteiger partial charge in [-0.15, -0.1) is 58.0 Å². The van der Waals surface area contributed by atoms with E-state index in [2.05, 4.69) is 45.1 Å². The van der Waals surface area contributed by atoms with Crippen LogP contribution in [-0.4, -0.2) is 216 Å². The largest absolute Gasteiger partial charge is 1.00 e. The van der Waals surface area contributed by atoms with Gasteiger partial charge in [0.25, 0.3) is 0 Å². The minimum atomic E-state index is -0.715. The van der Waals surface area contributed by atoms with E-state index in [4.69, 9.17) is 150 Å². The molecule has 0 bridgehead atoms. The summed E-state index contributed by atoms with van der Waals surface area (Å²) in [5.74, 6) is -0.482. The number of nitrogens with zero attached hydrogens (tertiary/aromatic N) is 16. The van der Waals surface area contributed by atoms with Crippen molar-refractivity contribution in [3.63, 3.8) is 0 Å². The molecule has 0 aliphatic carbocycles. The molecule has 43 heteroatoms. The molecule has 0 atom stereocenters. The van der Waals surface area contributed by atoms with Crippen LogP contribution in [0.3, 0.4) is 0 Å². The number of rotatable bonds is 71. The molecule has 37 nitrogen and oxygen atoms in total. The van der Waals surface area contributed by atoms with Crippen LogP contribution in [0.1, 0.15) is 238 Å². The van der Waals surface area contributed by atoms with E-state index in [1.165, 1.54) is 11.0 Å². The molecule has 0 spiro atoms. The predicted octanol–water partition coefficient (Wildman–Crippen LogP) is 13.3. The number of aliphatic imine (C=N–C) groups is 1. The van der Waals surface area contributed by atoms with Crippen molar-refractivity contribution in [3.05, 3.63) is 57.7 Å². The molecule has 0 rings (SSSR count). The number of isocyanates is 1. The molecular formula is C71H122Cl5N16NaO21. The average Bonchev–Trinajstić information content (AvgIpc) is 0.872. The fraction of sp³-hybridized carbons (Fsp3) is 0.873. The van der Waals surface area contributed by atoms with Crippen LogP contribution >= 0.6 is 58.0 Å². The molecule has 0 aromatic heterocycles. The van der Waals surface area contributed by atoms with Crippen LogP contribution in [0.5, 0.6) is 0 Å². The number of carbonyl (C=O) groups excluding carboxylic acids is 9. The van der Waals surface area contributed by atoms with Crippen LogP contribution in [-0.2, 0) is 81.0 Å². The third-order valence-corrected chi connectivity index (χ3v) is 18.4. The van der Waals surface area contributed by atoms with Crippen LogP contribution in [0.25, 0.3) is 57.7 Å². The molecule has 0 amide bonds. The molecule has 0 saturated carbocycles. The average molecular weight is 1740 g/mol. The molecule has 0 aliphatic heterocycles. The minimum absolute atomic E-state index is 0. The third kappa shape index (κ3) is 83.9. The first-order valence-corrected chi connectivity index (χ1v) is 40.9. The molecule has 0 heterocycles. The summed E-state index contributed by atoms with van der Waals surface area (Å²) in [6.45, 7) is 2.33. The number of hydrogen-bond donors (Lipinski definition) is 4. The van der Waals surface area contributed by atoms with Crippen molar-refractivity contribution < 1.29 is 131 Å². The third-order valence-electron chi connectivity index (χ3n) is 17.1. The minimum Gasteiger partial charge on any atom is -0.466 e. The first kappa shape index (κ1) is 119. The van der Waals surface area contributed by atoms with Gasteiger partial charge in [0, 0.05) is 153 Å². The van der Waals surface area contributed by atoms with Crippen molar-refractivity contribution in [1.29, 1.82) is 0 Å². The summed E-state index contributed by atoms with van der Waals surface area (Å²) in [5, 5.41) is 49.1. The maximum Gasteiger partial charge on any atom is 1.00 e. The topological polar surface area (TPSA) is 574 Å². The molecule has 0 aromatic carbocycles. The number of halogens is 5. The number of unbranched alkanes of at least 4 members (excludes halogenated alkanes) is 8. The normalized spacial score (nSPS) is 10.8. The maximum atomic E-state index is 12.4. The van der Waals surface area contributed by atoms with Crippen LogP contribution in [0, 0.1) is 16.2 Å². The zero-order valence-electron chi connectivity index (χ0n) is 66.5. The first-order valence-electron chi connectivity index (χ1n) is 38.3. The molecule has 0 unspecified atom stereocenters. The zero-order chi connectivity index (χ0) is 85.3. The van der Waals surface area contributed by atoms with Crippen molar-refractivity contribution in [3.8, 4) is 0 Å². The van der Waals surface area contributed by atoms with Gasteiger partial charge in [0.05, 0.1) is 59.4 Å². The molecule has 0 aliphatic rings. The summed E-state index contributed by atoms with van der Waals surface area (Å²) in [5.41, 5.74) is 45.5. The smallest absolute Gasteiger partial charge is 0.466 e. The van der Waals surface area contributed by atoms with Crippen molar-refractivity contribution in [2.45, 2.75) is 238 Å². The number of hydrogen-bond acceptors (Lipinski definition) is 26. The Morgan fingerprint density at radius 1 is 0.281 bits per heavy atom.